The Kier molecular flexibility index (Phi) is 7.78. The van der Waals surface area contributed by atoms with E-state index in [1.54, 1.807) is 55.5 Å². The number of hydrogen-bond donors (Lipinski definition) is 2. The standard InChI is InChI=1S/C29H31Cl2N3O4/c1-28(36,18-38-24-11-13-32-14-12-24)20-5-10-26-25(15-20)27(35)34(17-23-9-8-22(31)16-33-23)29(26,37-2)19-3-6-21(30)7-4-19/h3-10,15-16,24,32,36H,11-14,17-18H2,1-2H3/t28?,29-/m1/s1. The second kappa shape index (κ2) is 10.9. The molecule has 2 atom stereocenters. The van der Waals surface area contributed by atoms with Crippen molar-refractivity contribution in [2.24, 2.45) is 0 Å². The first-order chi connectivity index (χ1) is 18.2. The number of rotatable bonds is 8. The molecule has 1 aromatic heterocycles. The molecule has 1 fully saturated rings. The Labute approximate surface area is 232 Å². The van der Waals surface area contributed by atoms with Crippen molar-refractivity contribution in [3.05, 3.63) is 98.8 Å². The van der Waals surface area contributed by atoms with Crippen LogP contribution in [0.4, 0.5) is 0 Å². The highest BCUT2D eigenvalue weighted by molar-refractivity contribution is 6.30. The van der Waals surface area contributed by atoms with E-state index in [0.717, 1.165) is 31.5 Å². The predicted octanol–water partition coefficient (Wildman–Crippen LogP) is 4.87. The van der Waals surface area contributed by atoms with Crippen molar-refractivity contribution >= 4 is 29.1 Å². The van der Waals surface area contributed by atoms with Crippen molar-refractivity contribution < 1.29 is 19.4 Å². The van der Waals surface area contributed by atoms with Gasteiger partial charge in [0.05, 0.1) is 30.0 Å². The second-order valence-corrected chi connectivity index (χ2v) is 10.9. The minimum atomic E-state index is -1.28. The number of hydrogen-bond acceptors (Lipinski definition) is 6. The predicted molar refractivity (Wildman–Crippen MR) is 146 cm³/mol. The second-order valence-electron chi connectivity index (χ2n) is 10.0. The third-order valence-corrected chi connectivity index (χ3v) is 7.86. The Morgan fingerprint density at radius 2 is 1.82 bits per heavy atom. The molecular weight excluding hydrogens is 525 g/mol. The number of piperidine rings is 1. The van der Waals surface area contributed by atoms with Crippen molar-refractivity contribution in [2.75, 3.05) is 26.8 Å². The molecule has 2 N–H and O–H groups in total. The van der Waals surface area contributed by atoms with Crippen LogP contribution < -0.4 is 5.32 Å². The van der Waals surface area contributed by atoms with Gasteiger partial charge in [-0.2, -0.15) is 0 Å². The van der Waals surface area contributed by atoms with Gasteiger partial charge in [-0.25, -0.2) is 0 Å². The number of aromatic nitrogens is 1. The molecule has 9 heteroatoms. The van der Waals surface area contributed by atoms with Crippen LogP contribution >= 0.6 is 23.2 Å². The van der Waals surface area contributed by atoms with Gasteiger partial charge in [-0.05, 0) is 68.8 Å². The number of halogens is 2. The average molecular weight is 556 g/mol. The third kappa shape index (κ3) is 5.07. The molecule has 0 bridgehead atoms. The van der Waals surface area contributed by atoms with Crippen molar-refractivity contribution in [3.8, 4) is 0 Å². The maximum absolute atomic E-state index is 14.0. The van der Waals surface area contributed by atoms with Crippen LogP contribution in [0.15, 0.2) is 60.8 Å². The number of ether oxygens (including phenoxy) is 2. The molecular formula is C29H31Cl2N3O4. The Morgan fingerprint density at radius 3 is 2.47 bits per heavy atom. The van der Waals surface area contributed by atoms with E-state index in [0.29, 0.717) is 32.4 Å². The number of nitrogens with one attached hydrogen (secondary N) is 1. The van der Waals surface area contributed by atoms with Crippen LogP contribution in [0.3, 0.4) is 0 Å². The van der Waals surface area contributed by atoms with Crippen molar-refractivity contribution in [3.63, 3.8) is 0 Å². The van der Waals surface area contributed by atoms with E-state index in [9.17, 15) is 9.90 Å². The maximum Gasteiger partial charge on any atom is 0.257 e. The largest absolute Gasteiger partial charge is 0.383 e. The fourth-order valence-corrected chi connectivity index (χ4v) is 5.52. The monoisotopic (exact) mass is 555 g/mol. The molecule has 1 saturated heterocycles. The van der Waals surface area contributed by atoms with E-state index in [2.05, 4.69) is 10.3 Å². The molecule has 200 valence electrons. The molecule has 3 aromatic rings. The number of methoxy groups -OCH3 is 1. The number of carbonyl (C=O) groups excluding carboxylic acids is 1. The quantitative estimate of drug-likeness (QED) is 0.412. The summed E-state index contributed by atoms with van der Waals surface area (Å²) in [5, 5.41) is 15.8. The molecule has 2 aliphatic heterocycles. The summed E-state index contributed by atoms with van der Waals surface area (Å²) in [6.45, 7) is 3.85. The lowest BCUT2D eigenvalue weighted by Crippen LogP contribution is -2.45. The Hall–Kier alpha value is -2.52. The summed E-state index contributed by atoms with van der Waals surface area (Å²) in [7, 11) is 1.58. The topological polar surface area (TPSA) is 83.9 Å². The van der Waals surface area contributed by atoms with E-state index in [-0.39, 0.29) is 25.2 Å². The number of carbonyl (C=O) groups is 1. The molecule has 0 spiro atoms. The summed E-state index contributed by atoms with van der Waals surface area (Å²) >= 11 is 12.2. The summed E-state index contributed by atoms with van der Waals surface area (Å²) in [6.07, 6.45) is 3.47. The Balaban J connectivity index is 1.53. The van der Waals surface area contributed by atoms with E-state index < -0.39 is 11.3 Å². The highest BCUT2D eigenvalue weighted by Gasteiger charge is 2.52. The fraction of sp³-hybridized carbons (Fsp3) is 0.379. The lowest BCUT2D eigenvalue weighted by molar-refractivity contribution is -0.0868. The molecule has 0 aliphatic carbocycles. The molecule has 1 unspecified atom stereocenters. The molecule has 0 radical (unpaired) electrons. The smallest absolute Gasteiger partial charge is 0.257 e. The van der Waals surface area contributed by atoms with Crippen LogP contribution in [-0.2, 0) is 27.3 Å². The first-order valence-electron chi connectivity index (χ1n) is 12.7. The number of pyridine rings is 1. The summed E-state index contributed by atoms with van der Waals surface area (Å²) in [4.78, 5) is 20.1. The van der Waals surface area contributed by atoms with Gasteiger partial charge in [0.15, 0.2) is 5.72 Å². The Bertz CT molecular complexity index is 1290. The van der Waals surface area contributed by atoms with Gasteiger partial charge in [0, 0.05) is 35.0 Å². The highest BCUT2D eigenvalue weighted by atomic mass is 35.5. The highest BCUT2D eigenvalue weighted by Crippen LogP contribution is 2.46. The molecule has 2 aromatic carbocycles. The zero-order chi connectivity index (χ0) is 26.9. The van der Waals surface area contributed by atoms with Gasteiger partial charge < -0.3 is 19.9 Å². The van der Waals surface area contributed by atoms with Crippen LogP contribution in [-0.4, -0.2) is 53.8 Å². The van der Waals surface area contributed by atoms with Crippen molar-refractivity contribution in [1.29, 1.82) is 0 Å². The number of amides is 1. The van der Waals surface area contributed by atoms with Crippen LogP contribution in [0, 0.1) is 0 Å². The zero-order valence-corrected chi connectivity index (χ0v) is 22.9. The minimum absolute atomic E-state index is 0.104. The number of aliphatic hydroxyl groups is 1. The number of fused-ring (bicyclic) bond motifs is 1. The van der Waals surface area contributed by atoms with Crippen molar-refractivity contribution in [1.82, 2.24) is 15.2 Å². The van der Waals surface area contributed by atoms with Crippen LogP contribution in [0.25, 0.3) is 0 Å². The van der Waals surface area contributed by atoms with Gasteiger partial charge >= 0.3 is 0 Å². The molecule has 3 heterocycles. The molecule has 1 amide bonds. The first kappa shape index (κ1) is 27.1. The summed E-state index contributed by atoms with van der Waals surface area (Å²) in [6, 6.07) is 16.2. The third-order valence-electron chi connectivity index (χ3n) is 7.39. The summed E-state index contributed by atoms with van der Waals surface area (Å²) < 4.78 is 12.3. The normalized spacial score (nSPS) is 21.4. The van der Waals surface area contributed by atoms with Crippen LogP contribution in [0.2, 0.25) is 10.0 Å². The summed E-state index contributed by atoms with van der Waals surface area (Å²) in [5.74, 6) is -0.231. The summed E-state index contributed by atoms with van der Waals surface area (Å²) in [5.41, 5.74) is 0.657. The minimum Gasteiger partial charge on any atom is -0.383 e. The lowest BCUT2D eigenvalue weighted by atomic mass is 9.89. The number of nitrogens with zero attached hydrogens (tertiary/aromatic N) is 2. The molecule has 2 aliphatic rings. The van der Waals surface area contributed by atoms with Gasteiger partial charge in [0.2, 0.25) is 0 Å². The van der Waals surface area contributed by atoms with Gasteiger partial charge in [-0.1, -0.05) is 47.5 Å². The fourth-order valence-electron chi connectivity index (χ4n) is 5.28. The average Bonchev–Trinajstić information content (AvgIpc) is 3.17. The van der Waals surface area contributed by atoms with Gasteiger partial charge in [0.1, 0.15) is 5.60 Å². The first-order valence-corrected chi connectivity index (χ1v) is 13.4. The maximum atomic E-state index is 14.0. The van der Waals surface area contributed by atoms with E-state index in [1.807, 2.05) is 24.3 Å². The van der Waals surface area contributed by atoms with Crippen molar-refractivity contribution in [2.45, 2.75) is 43.7 Å². The lowest BCUT2D eigenvalue weighted by Gasteiger charge is -2.38. The molecule has 5 rings (SSSR count). The van der Waals surface area contributed by atoms with Gasteiger partial charge in [-0.3, -0.25) is 14.7 Å². The Morgan fingerprint density at radius 1 is 1.11 bits per heavy atom. The zero-order valence-electron chi connectivity index (χ0n) is 21.4. The molecule has 38 heavy (non-hydrogen) atoms. The van der Waals surface area contributed by atoms with Crippen LogP contribution in [0.5, 0.6) is 0 Å². The van der Waals surface area contributed by atoms with E-state index >= 15 is 0 Å². The van der Waals surface area contributed by atoms with E-state index in [1.165, 1.54) is 0 Å². The van der Waals surface area contributed by atoms with Gasteiger partial charge in [-0.15, -0.1) is 0 Å². The van der Waals surface area contributed by atoms with E-state index in [4.69, 9.17) is 32.7 Å². The SMILES string of the molecule is CO[C@]1(c2ccc(Cl)cc2)c2ccc(C(C)(O)COC3CCNCC3)cc2C(=O)N1Cc1ccc(Cl)cn1. The molecule has 0 saturated carbocycles. The number of benzene rings is 2. The van der Waals surface area contributed by atoms with Gasteiger partial charge in [0.25, 0.3) is 5.91 Å². The van der Waals surface area contributed by atoms with Crippen LogP contribution in [0.1, 0.15) is 52.5 Å². The molecule has 7 nitrogen and oxygen atoms in total.